The van der Waals surface area contributed by atoms with Crippen LogP contribution in [0.5, 0.6) is 0 Å². The Labute approximate surface area is 248 Å². The van der Waals surface area contributed by atoms with Crippen molar-refractivity contribution in [3.8, 4) is 11.1 Å². The van der Waals surface area contributed by atoms with Gasteiger partial charge >= 0.3 is 0 Å². The van der Waals surface area contributed by atoms with E-state index in [4.69, 9.17) is 5.10 Å². The van der Waals surface area contributed by atoms with Crippen molar-refractivity contribution in [3.05, 3.63) is 65.9 Å². The molecule has 2 amide bonds. The van der Waals surface area contributed by atoms with Crippen molar-refractivity contribution in [2.24, 2.45) is 5.92 Å². The molecule has 13 heteroatoms. The summed E-state index contributed by atoms with van der Waals surface area (Å²) < 4.78 is 2.19. The van der Waals surface area contributed by atoms with E-state index in [9.17, 15) is 9.59 Å². The first-order valence-corrected chi connectivity index (χ1v) is 14.6. The van der Waals surface area contributed by atoms with E-state index in [1.54, 1.807) is 19.3 Å². The molecule has 2 fully saturated rings. The summed E-state index contributed by atoms with van der Waals surface area (Å²) in [6, 6.07) is 11.9. The number of rotatable bonds is 8. The number of benzene rings is 1. The molecule has 1 aromatic carbocycles. The highest BCUT2D eigenvalue weighted by atomic mass is 16.2. The number of carbonyl (C=O) groups excluding carboxylic acids is 2. The summed E-state index contributed by atoms with van der Waals surface area (Å²) in [5.74, 6) is -0.124. The van der Waals surface area contributed by atoms with E-state index in [2.05, 4.69) is 63.9 Å². The Bertz CT molecular complexity index is 1680. The minimum absolute atomic E-state index is 0.0206. The molecule has 43 heavy (non-hydrogen) atoms. The van der Waals surface area contributed by atoms with E-state index in [-0.39, 0.29) is 29.5 Å². The predicted octanol–water partition coefficient (Wildman–Crippen LogP) is 2.98. The summed E-state index contributed by atoms with van der Waals surface area (Å²) in [6.45, 7) is 3.34. The maximum Gasteiger partial charge on any atom is 0.273 e. The Hall–Kier alpha value is -4.91. The van der Waals surface area contributed by atoms with Gasteiger partial charge in [0.2, 0.25) is 5.91 Å². The largest absolute Gasteiger partial charge is 0.366 e. The van der Waals surface area contributed by atoms with Crippen LogP contribution in [0.3, 0.4) is 0 Å². The molecular weight excluding hydrogens is 546 g/mol. The number of aromatic nitrogens is 6. The smallest absolute Gasteiger partial charge is 0.273 e. The van der Waals surface area contributed by atoms with Crippen LogP contribution in [0, 0.1) is 5.92 Å². The second-order valence-corrected chi connectivity index (χ2v) is 11.4. The molecule has 3 aromatic heterocycles. The lowest BCUT2D eigenvalue weighted by Gasteiger charge is -2.31. The second kappa shape index (κ2) is 11.1. The quantitative estimate of drug-likeness (QED) is 0.285. The van der Waals surface area contributed by atoms with Gasteiger partial charge < -0.3 is 20.9 Å². The topological polar surface area (TPSA) is 146 Å². The monoisotopic (exact) mass is 579 g/mol. The van der Waals surface area contributed by atoms with Crippen LogP contribution in [0.1, 0.15) is 47.2 Å². The third kappa shape index (κ3) is 5.27. The first-order valence-electron chi connectivity index (χ1n) is 14.6. The highest BCUT2D eigenvalue weighted by Gasteiger charge is 2.33. The molecule has 0 bridgehead atoms. The first-order chi connectivity index (χ1) is 21.0. The van der Waals surface area contributed by atoms with Crippen molar-refractivity contribution in [3.63, 3.8) is 0 Å². The fraction of sp³-hybridized carbons (Fsp3) is 0.367. The zero-order chi connectivity index (χ0) is 29.5. The van der Waals surface area contributed by atoms with Crippen LogP contribution in [0.25, 0.3) is 11.1 Å². The zero-order valence-electron chi connectivity index (χ0n) is 24.1. The number of carbonyl (C=O) groups is 2. The molecule has 3 aliphatic rings. The fourth-order valence-corrected chi connectivity index (χ4v) is 6.02. The lowest BCUT2D eigenvalue weighted by atomic mass is 9.97. The van der Waals surface area contributed by atoms with Gasteiger partial charge in [0.15, 0.2) is 11.5 Å². The maximum absolute atomic E-state index is 12.7. The van der Waals surface area contributed by atoms with Crippen molar-refractivity contribution in [1.82, 2.24) is 40.4 Å². The summed E-state index contributed by atoms with van der Waals surface area (Å²) in [6.07, 6.45) is 6.44. The predicted molar refractivity (Wildman–Crippen MR) is 161 cm³/mol. The van der Waals surface area contributed by atoms with E-state index < -0.39 is 0 Å². The molecular formula is C30H33N11O2. The number of fused-ring (bicyclic) bond motifs is 3. The van der Waals surface area contributed by atoms with Gasteiger partial charge in [-0.1, -0.05) is 12.1 Å². The standard InChI is InChI=1S/C30H33N11O2/c1-31-30(43)27-24(13-26(37-38-27)35-29(42)18-8-9-18)34-23-7-3-6-21-22-14-33-41(25(22)17-39(2)28(21)23)20-10-12-40(16-20)15-19-5-4-11-32-36-19/h3-7,11,13-14,18,20H,8-10,12,15-17H2,1-2H3,(H,31,43)(H2,34,35,37,42). The van der Waals surface area contributed by atoms with Gasteiger partial charge in [-0.3, -0.25) is 19.2 Å². The molecule has 7 rings (SSSR count). The summed E-state index contributed by atoms with van der Waals surface area (Å²) in [4.78, 5) is 29.6. The molecule has 1 aliphatic carbocycles. The van der Waals surface area contributed by atoms with Gasteiger partial charge in [0.05, 0.1) is 47.2 Å². The van der Waals surface area contributed by atoms with E-state index in [1.807, 2.05) is 30.5 Å². The molecule has 1 unspecified atom stereocenters. The number of para-hydroxylation sites is 1. The molecule has 2 aliphatic heterocycles. The SMILES string of the molecule is CNC(=O)c1nnc(NC(=O)C2CC2)cc1Nc1cccc2c1N(C)Cc1c-2cnn1C1CCN(Cc2cccnn2)C1. The van der Waals surface area contributed by atoms with E-state index in [0.717, 1.165) is 67.1 Å². The Morgan fingerprint density at radius 3 is 2.70 bits per heavy atom. The van der Waals surface area contributed by atoms with Gasteiger partial charge in [-0.05, 0) is 37.5 Å². The van der Waals surface area contributed by atoms with Crippen molar-refractivity contribution >= 4 is 34.7 Å². The third-order valence-corrected chi connectivity index (χ3v) is 8.30. The minimum Gasteiger partial charge on any atom is -0.366 e. The van der Waals surface area contributed by atoms with Crippen molar-refractivity contribution < 1.29 is 9.59 Å². The summed E-state index contributed by atoms with van der Waals surface area (Å²) >= 11 is 0. The van der Waals surface area contributed by atoms with Crippen LogP contribution < -0.4 is 20.9 Å². The molecule has 1 atom stereocenters. The Morgan fingerprint density at radius 2 is 1.91 bits per heavy atom. The van der Waals surface area contributed by atoms with Crippen LogP contribution in [-0.2, 0) is 17.9 Å². The number of amides is 2. The highest BCUT2D eigenvalue weighted by Crippen LogP contribution is 2.45. The van der Waals surface area contributed by atoms with Crippen molar-refractivity contribution in [1.29, 1.82) is 0 Å². The molecule has 5 heterocycles. The molecule has 1 saturated carbocycles. The number of hydrogen-bond donors (Lipinski definition) is 3. The number of anilines is 4. The molecule has 13 nitrogen and oxygen atoms in total. The average Bonchev–Trinajstić information content (AvgIpc) is 3.64. The summed E-state index contributed by atoms with van der Waals surface area (Å²) in [7, 11) is 3.61. The van der Waals surface area contributed by atoms with E-state index in [0.29, 0.717) is 18.1 Å². The van der Waals surface area contributed by atoms with Gasteiger partial charge in [-0.2, -0.15) is 15.3 Å². The van der Waals surface area contributed by atoms with Gasteiger partial charge in [0.1, 0.15) is 0 Å². The van der Waals surface area contributed by atoms with Crippen LogP contribution in [0.4, 0.5) is 22.9 Å². The summed E-state index contributed by atoms with van der Waals surface area (Å²) in [5.41, 5.74) is 6.71. The first kappa shape index (κ1) is 27.0. The number of hydrogen-bond acceptors (Lipinski definition) is 10. The second-order valence-electron chi connectivity index (χ2n) is 11.4. The van der Waals surface area contributed by atoms with Gasteiger partial charge in [-0.15, -0.1) is 10.2 Å². The molecule has 0 radical (unpaired) electrons. The van der Waals surface area contributed by atoms with E-state index in [1.165, 1.54) is 5.69 Å². The normalized spacial score (nSPS) is 17.7. The molecule has 1 saturated heterocycles. The van der Waals surface area contributed by atoms with Crippen LogP contribution in [0.15, 0.2) is 48.8 Å². The van der Waals surface area contributed by atoms with Crippen LogP contribution in [0.2, 0.25) is 0 Å². The molecule has 3 N–H and O–H groups in total. The number of nitrogens with one attached hydrogen (secondary N) is 3. The molecule has 220 valence electrons. The molecule has 4 aromatic rings. The van der Waals surface area contributed by atoms with E-state index >= 15 is 0 Å². The number of likely N-dealkylation sites (tertiary alicyclic amines) is 1. The lowest BCUT2D eigenvalue weighted by molar-refractivity contribution is -0.117. The Kier molecular flexibility index (Phi) is 6.93. The third-order valence-electron chi connectivity index (χ3n) is 8.30. The lowest BCUT2D eigenvalue weighted by Crippen LogP contribution is -2.27. The van der Waals surface area contributed by atoms with Crippen molar-refractivity contribution in [2.75, 3.05) is 42.7 Å². The Morgan fingerprint density at radius 1 is 1.02 bits per heavy atom. The van der Waals surface area contributed by atoms with Gasteiger partial charge in [0.25, 0.3) is 5.91 Å². The fourth-order valence-electron chi connectivity index (χ4n) is 6.02. The minimum atomic E-state index is -0.373. The van der Waals surface area contributed by atoms with Crippen LogP contribution in [-0.4, -0.2) is 74.1 Å². The van der Waals surface area contributed by atoms with Crippen molar-refractivity contribution in [2.45, 2.75) is 38.4 Å². The van der Waals surface area contributed by atoms with Gasteiger partial charge in [-0.25, -0.2) is 0 Å². The molecule has 0 spiro atoms. The number of nitrogens with zero attached hydrogens (tertiary/aromatic N) is 8. The highest BCUT2D eigenvalue weighted by molar-refractivity contribution is 6.01. The average molecular weight is 580 g/mol. The van der Waals surface area contributed by atoms with Crippen LogP contribution >= 0.6 is 0 Å². The Balaban J connectivity index is 1.16. The summed E-state index contributed by atoms with van der Waals surface area (Å²) in [5, 5.41) is 30.2. The van der Waals surface area contributed by atoms with Gasteiger partial charge in [0, 0.05) is 63.0 Å². The maximum atomic E-state index is 12.7. The zero-order valence-corrected chi connectivity index (χ0v) is 24.1.